The first-order valence-electron chi connectivity index (χ1n) is 9.17. The number of carbonyl (C=O) groups excluding carboxylic acids is 2. The van der Waals surface area contributed by atoms with Gasteiger partial charge in [-0.1, -0.05) is 44.2 Å². The van der Waals surface area contributed by atoms with Crippen LogP contribution in [-0.4, -0.2) is 18.4 Å². The van der Waals surface area contributed by atoms with E-state index < -0.39 is 5.92 Å². The third-order valence-electron chi connectivity index (χ3n) is 5.04. The molecule has 1 amide bonds. The molecule has 1 fully saturated rings. The number of carbonyl (C=O) groups is 2. The maximum absolute atomic E-state index is 12.7. The molecule has 136 valence electrons. The molecule has 1 saturated heterocycles. The van der Waals surface area contributed by atoms with Crippen molar-refractivity contribution in [2.75, 3.05) is 11.4 Å². The highest BCUT2D eigenvalue weighted by atomic mass is 16.5. The Labute approximate surface area is 154 Å². The SMILES string of the molecule is CC[C@H](C)c1ccccc1OC(=O)[C@@H]1CC(=O)N(c2cccc(C)c2)C1. The van der Waals surface area contributed by atoms with E-state index in [1.54, 1.807) is 4.90 Å². The van der Waals surface area contributed by atoms with Gasteiger partial charge in [-0.15, -0.1) is 0 Å². The van der Waals surface area contributed by atoms with Crippen molar-refractivity contribution in [2.24, 2.45) is 5.92 Å². The maximum atomic E-state index is 12.7. The largest absolute Gasteiger partial charge is 0.426 e. The molecule has 0 bridgehead atoms. The van der Waals surface area contributed by atoms with Gasteiger partial charge in [-0.25, -0.2) is 0 Å². The van der Waals surface area contributed by atoms with Crippen LogP contribution in [0.25, 0.3) is 0 Å². The molecule has 0 saturated carbocycles. The second kappa shape index (κ2) is 7.73. The minimum atomic E-state index is -0.437. The van der Waals surface area contributed by atoms with Crippen LogP contribution in [0.15, 0.2) is 48.5 Å². The molecule has 26 heavy (non-hydrogen) atoms. The number of amides is 1. The lowest BCUT2D eigenvalue weighted by atomic mass is 9.98. The Morgan fingerprint density at radius 3 is 2.73 bits per heavy atom. The molecule has 3 rings (SSSR count). The summed E-state index contributed by atoms with van der Waals surface area (Å²) >= 11 is 0. The Bertz CT molecular complexity index is 815. The Hall–Kier alpha value is -2.62. The van der Waals surface area contributed by atoms with E-state index >= 15 is 0 Å². The summed E-state index contributed by atoms with van der Waals surface area (Å²) in [5.41, 5.74) is 2.96. The quantitative estimate of drug-likeness (QED) is 0.590. The van der Waals surface area contributed by atoms with E-state index in [1.165, 1.54) is 0 Å². The van der Waals surface area contributed by atoms with Crippen molar-refractivity contribution in [1.82, 2.24) is 0 Å². The topological polar surface area (TPSA) is 46.6 Å². The van der Waals surface area contributed by atoms with Gasteiger partial charge in [0.1, 0.15) is 5.75 Å². The van der Waals surface area contributed by atoms with Crippen molar-refractivity contribution < 1.29 is 14.3 Å². The maximum Gasteiger partial charge on any atom is 0.316 e. The van der Waals surface area contributed by atoms with Crippen molar-refractivity contribution in [3.05, 3.63) is 59.7 Å². The van der Waals surface area contributed by atoms with Crippen LogP contribution in [0.2, 0.25) is 0 Å². The number of hydrogen-bond acceptors (Lipinski definition) is 3. The van der Waals surface area contributed by atoms with Gasteiger partial charge in [0.05, 0.1) is 5.92 Å². The lowest BCUT2D eigenvalue weighted by Gasteiger charge is -2.18. The summed E-state index contributed by atoms with van der Waals surface area (Å²) in [5, 5.41) is 0. The highest BCUT2D eigenvalue weighted by Gasteiger charge is 2.36. The first-order chi connectivity index (χ1) is 12.5. The normalized spacial score (nSPS) is 18.0. The number of aryl methyl sites for hydroxylation is 1. The Morgan fingerprint density at radius 1 is 1.23 bits per heavy atom. The molecule has 1 aliphatic heterocycles. The van der Waals surface area contributed by atoms with Crippen molar-refractivity contribution in [2.45, 2.75) is 39.5 Å². The van der Waals surface area contributed by atoms with Crippen molar-refractivity contribution in [3.63, 3.8) is 0 Å². The van der Waals surface area contributed by atoms with E-state index in [0.29, 0.717) is 18.2 Å². The van der Waals surface area contributed by atoms with Gasteiger partial charge in [0.25, 0.3) is 0 Å². The molecule has 2 aromatic carbocycles. The smallest absolute Gasteiger partial charge is 0.316 e. The van der Waals surface area contributed by atoms with Crippen LogP contribution >= 0.6 is 0 Å². The summed E-state index contributed by atoms with van der Waals surface area (Å²) in [6, 6.07) is 15.4. The zero-order valence-corrected chi connectivity index (χ0v) is 15.6. The van der Waals surface area contributed by atoms with Gasteiger partial charge < -0.3 is 9.64 Å². The van der Waals surface area contributed by atoms with E-state index in [2.05, 4.69) is 13.8 Å². The van der Waals surface area contributed by atoms with E-state index in [-0.39, 0.29) is 18.3 Å². The van der Waals surface area contributed by atoms with Crippen LogP contribution in [0.4, 0.5) is 5.69 Å². The number of nitrogens with zero attached hydrogens (tertiary/aromatic N) is 1. The first-order valence-corrected chi connectivity index (χ1v) is 9.17. The second-order valence-electron chi connectivity index (χ2n) is 7.01. The Morgan fingerprint density at radius 2 is 2.00 bits per heavy atom. The van der Waals surface area contributed by atoms with Gasteiger partial charge in [0.2, 0.25) is 5.91 Å². The van der Waals surface area contributed by atoms with Gasteiger partial charge in [0.15, 0.2) is 0 Å². The van der Waals surface area contributed by atoms with Crippen LogP contribution in [0, 0.1) is 12.8 Å². The fourth-order valence-electron chi connectivity index (χ4n) is 3.30. The molecule has 1 heterocycles. The lowest BCUT2D eigenvalue weighted by molar-refractivity contribution is -0.139. The second-order valence-corrected chi connectivity index (χ2v) is 7.01. The number of anilines is 1. The van der Waals surface area contributed by atoms with Crippen LogP contribution in [0.3, 0.4) is 0 Å². The van der Waals surface area contributed by atoms with E-state index in [1.807, 2.05) is 55.5 Å². The molecule has 0 aromatic heterocycles. The fourth-order valence-corrected chi connectivity index (χ4v) is 3.30. The molecular weight excluding hydrogens is 326 g/mol. The van der Waals surface area contributed by atoms with Crippen LogP contribution in [-0.2, 0) is 9.59 Å². The van der Waals surface area contributed by atoms with Gasteiger partial charge in [-0.2, -0.15) is 0 Å². The minimum absolute atomic E-state index is 0.0345. The van der Waals surface area contributed by atoms with Gasteiger partial charge in [0, 0.05) is 18.7 Å². The third-order valence-corrected chi connectivity index (χ3v) is 5.04. The van der Waals surface area contributed by atoms with E-state index in [9.17, 15) is 9.59 Å². The predicted molar refractivity (Wildman–Crippen MR) is 102 cm³/mol. The average molecular weight is 351 g/mol. The molecule has 0 spiro atoms. The van der Waals surface area contributed by atoms with Gasteiger partial charge >= 0.3 is 5.97 Å². The van der Waals surface area contributed by atoms with Gasteiger partial charge in [-0.05, 0) is 48.6 Å². The molecule has 0 radical (unpaired) electrons. The monoisotopic (exact) mass is 351 g/mol. The number of esters is 1. The summed E-state index contributed by atoms with van der Waals surface area (Å²) in [6.45, 7) is 6.58. The number of ether oxygens (including phenoxy) is 1. The Balaban J connectivity index is 1.73. The number of rotatable bonds is 5. The zero-order valence-electron chi connectivity index (χ0n) is 15.6. The van der Waals surface area contributed by atoms with Crippen molar-refractivity contribution in [3.8, 4) is 5.75 Å². The molecule has 0 unspecified atom stereocenters. The van der Waals surface area contributed by atoms with Crippen LogP contribution < -0.4 is 9.64 Å². The highest BCUT2D eigenvalue weighted by molar-refractivity contribution is 5.99. The first kappa shape index (κ1) is 18.2. The standard InChI is InChI=1S/C22H25NO3/c1-4-16(3)19-10-5-6-11-20(19)26-22(25)17-13-21(24)23(14-17)18-9-7-8-15(2)12-18/h5-12,16-17H,4,13-14H2,1-3H3/t16-,17+/m0/s1. The number of hydrogen-bond donors (Lipinski definition) is 0. The van der Waals surface area contributed by atoms with E-state index in [0.717, 1.165) is 23.2 Å². The Kier molecular flexibility index (Phi) is 5.40. The van der Waals surface area contributed by atoms with Gasteiger partial charge in [-0.3, -0.25) is 9.59 Å². The lowest BCUT2D eigenvalue weighted by Crippen LogP contribution is -2.27. The van der Waals surface area contributed by atoms with E-state index in [4.69, 9.17) is 4.74 Å². The molecule has 4 heteroatoms. The summed E-state index contributed by atoms with van der Waals surface area (Å²) < 4.78 is 5.69. The van der Waals surface area contributed by atoms with Crippen molar-refractivity contribution in [1.29, 1.82) is 0 Å². The third kappa shape index (κ3) is 3.79. The number of para-hydroxylation sites is 1. The molecule has 0 N–H and O–H groups in total. The molecule has 1 aliphatic rings. The molecule has 2 atom stereocenters. The molecule has 0 aliphatic carbocycles. The summed E-state index contributed by atoms with van der Waals surface area (Å²) in [7, 11) is 0. The molecule has 4 nitrogen and oxygen atoms in total. The predicted octanol–water partition coefficient (Wildman–Crippen LogP) is 4.47. The van der Waals surface area contributed by atoms with Crippen LogP contribution in [0.5, 0.6) is 5.75 Å². The minimum Gasteiger partial charge on any atom is -0.426 e. The molecule has 2 aromatic rings. The van der Waals surface area contributed by atoms with Crippen LogP contribution in [0.1, 0.15) is 43.7 Å². The summed E-state index contributed by atoms with van der Waals surface area (Å²) in [4.78, 5) is 26.7. The summed E-state index contributed by atoms with van der Waals surface area (Å²) in [6.07, 6.45) is 1.16. The van der Waals surface area contributed by atoms with Crippen molar-refractivity contribution >= 4 is 17.6 Å². The molecular formula is C22H25NO3. The zero-order chi connectivity index (χ0) is 18.7. The number of benzene rings is 2. The highest BCUT2D eigenvalue weighted by Crippen LogP contribution is 2.31. The average Bonchev–Trinajstić information content (AvgIpc) is 3.03. The summed E-state index contributed by atoms with van der Waals surface area (Å²) in [5.74, 6) is 0.117. The fraction of sp³-hybridized carbons (Fsp3) is 0.364.